The van der Waals surface area contributed by atoms with Gasteiger partial charge in [0.25, 0.3) is 0 Å². The number of hydrogen-bond acceptors (Lipinski definition) is 4. The van der Waals surface area contributed by atoms with Crippen LogP contribution in [0.4, 0.5) is 0 Å². The van der Waals surface area contributed by atoms with Crippen LogP contribution in [0.25, 0.3) is 0 Å². The van der Waals surface area contributed by atoms with E-state index < -0.39 is 29.3 Å². The first-order valence-corrected chi connectivity index (χ1v) is 6.76. The zero-order valence-corrected chi connectivity index (χ0v) is 12.9. The lowest BCUT2D eigenvalue weighted by Gasteiger charge is -2.27. The molecule has 0 heterocycles. The Labute approximate surface area is 120 Å². The second-order valence-electron chi connectivity index (χ2n) is 6.37. The fourth-order valence-corrected chi connectivity index (χ4v) is 1.85. The topological polar surface area (TPSA) is 109 Å². The van der Waals surface area contributed by atoms with Crippen molar-refractivity contribution in [3.63, 3.8) is 0 Å². The maximum absolute atomic E-state index is 11.9. The van der Waals surface area contributed by atoms with E-state index >= 15 is 0 Å². The lowest BCUT2D eigenvalue weighted by atomic mass is 9.78. The van der Waals surface area contributed by atoms with Gasteiger partial charge in [0.1, 0.15) is 0 Å². The Kier molecular flexibility index (Phi) is 6.85. The first kappa shape index (κ1) is 18.6. The molecule has 0 saturated heterocycles. The Morgan fingerprint density at radius 3 is 2.00 bits per heavy atom. The summed E-state index contributed by atoms with van der Waals surface area (Å²) in [6.07, 6.45) is -0.166. The van der Waals surface area contributed by atoms with E-state index in [4.69, 9.17) is 5.73 Å². The summed E-state index contributed by atoms with van der Waals surface area (Å²) in [5.74, 6) is -2.68. The second-order valence-corrected chi connectivity index (χ2v) is 6.37. The van der Waals surface area contributed by atoms with E-state index in [1.54, 1.807) is 34.6 Å². The van der Waals surface area contributed by atoms with Crippen LogP contribution in [-0.2, 0) is 14.4 Å². The van der Waals surface area contributed by atoms with Crippen molar-refractivity contribution < 1.29 is 19.5 Å². The maximum Gasteiger partial charge on any atom is 0.307 e. The number of nitrogens with two attached hydrogens (primary N) is 1. The molecule has 0 aliphatic heterocycles. The minimum atomic E-state index is -1.02. The van der Waals surface area contributed by atoms with Crippen molar-refractivity contribution in [2.24, 2.45) is 23.0 Å². The van der Waals surface area contributed by atoms with Gasteiger partial charge in [-0.25, -0.2) is 0 Å². The van der Waals surface area contributed by atoms with Gasteiger partial charge in [0, 0.05) is 18.9 Å². The van der Waals surface area contributed by atoms with Crippen molar-refractivity contribution in [3.8, 4) is 0 Å². The van der Waals surface area contributed by atoms with Crippen LogP contribution in [0.1, 0.15) is 41.0 Å². The summed E-state index contributed by atoms with van der Waals surface area (Å²) in [5.41, 5.74) is 4.95. The molecule has 0 aromatic rings. The molecule has 0 radical (unpaired) electrons. The first-order chi connectivity index (χ1) is 9.00. The predicted octanol–water partition coefficient (Wildman–Crippen LogP) is 0.792. The number of carbonyl (C=O) groups is 3. The van der Waals surface area contributed by atoms with E-state index in [1.165, 1.54) is 0 Å². The molecule has 0 spiro atoms. The third-order valence-corrected chi connectivity index (χ3v) is 3.22. The minimum absolute atomic E-state index is 0.00993. The fourth-order valence-electron chi connectivity index (χ4n) is 1.85. The number of carbonyl (C=O) groups excluding carboxylic acids is 2. The van der Waals surface area contributed by atoms with E-state index in [2.05, 4.69) is 5.32 Å². The minimum Gasteiger partial charge on any atom is -0.481 e. The van der Waals surface area contributed by atoms with Gasteiger partial charge in [-0.15, -0.1) is 0 Å². The molecule has 2 atom stereocenters. The molecule has 6 heteroatoms. The van der Waals surface area contributed by atoms with E-state index in [0.717, 1.165) is 0 Å². The standard InChI is InChI=1S/C14H26N2O4/c1-8(2)12(18)10(7-15)16-11(17)6-9(13(19)20)14(3,4)5/h8-10H,6-7,15H2,1-5H3,(H,16,17)(H,19,20). The Morgan fingerprint density at radius 1 is 1.20 bits per heavy atom. The van der Waals surface area contributed by atoms with Crippen molar-refractivity contribution in [2.45, 2.75) is 47.1 Å². The van der Waals surface area contributed by atoms with Crippen LogP contribution in [0.15, 0.2) is 0 Å². The largest absolute Gasteiger partial charge is 0.481 e. The summed E-state index contributed by atoms with van der Waals surface area (Å²) in [5, 5.41) is 11.7. The third kappa shape index (κ3) is 5.69. The summed E-state index contributed by atoms with van der Waals surface area (Å²) in [7, 11) is 0. The Balaban J connectivity index is 4.76. The number of Topliss-reactive ketones (excluding diaryl/α,β-unsaturated/α-hetero) is 1. The molecule has 1 amide bonds. The van der Waals surface area contributed by atoms with Gasteiger partial charge in [-0.3, -0.25) is 14.4 Å². The highest BCUT2D eigenvalue weighted by molar-refractivity contribution is 5.91. The highest BCUT2D eigenvalue weighted by Gasteiger charge is 2.34. The number of carboxylic acids is 1. The maximum atomic E-state index is 11.9. The van der Waals surface area contributed by atoms with Crippen LogP contribution in [0, 0.1) is 17.3 Å². The first-order valence-electron chi connectivity index (χ1n) is 6.76. The van der Waals surface area contributed by atoms with Gasteiger partial charge < -0.3 is 16.2 Å². The molecule has 0 aromatic heterocycles. The molecule has 0 saturated carbocycles. The molecule has 0 rings (SSSR count). The number of hydrogen-bond donors (Lipinski definition) is 3. The second kappa shape index (κ2) is 7.38. The molecule has 6 nitrogen and oxygen atoms in total. The van der Waals surface area contributed by atoms with Crippen LogP contribution in [-0.4, -0.2) is 35.4 Å². The Hall–Kier alpha value is -1.43. The molecule has 20 heavy (non-hydrogen) atoms. The smallest absolute Gasteiger partial charge is 0.307 e. The Morgan fingerprint density at radius 2 is 1.70 bits per heavy atom. The number of aliphatic carboxylic acids is 1. The summed E-state index contributed by atoms with van der Waals surface area (Å²) < 4.78 is 0. The van der Waals surface area contributed by atoms with Crippen LogP contribution < -0.4 is 11.1 Å². The van der Waals surface area contributed by atoms with Crippen molar-refractivity contribution >= 4 is 17.7 Å². The number of nitrogens with one attached hydrogen (secondary N) is 1. The molecular formula is C14H26N2O4. The van der Waals surface area contributed by atoms with Gasteiger partial charge in [-0.05, 0) is 5.41 Å². The van der Waals surface area contributed by atoms with Crippen molar-refractivity contribution in [1.82, 2.24) is 5.32 Å². The summed E-state index contributed by atoms with van der Waals surface area (Å²) in [4.78, 5) is 34.9. The average molecular weight is 286 g/mol. The lowest BCUT2D eigenvalue weighted by molar-refractivity contribution is -0.148. The Bertz CT molecular complexity index is 372. The van der Waals surface area contributed by atoms with Gasteiger partial charge in [0.05, 0.1) is 12.0 Å². The molecular weight excluding hydrogens is 260 g/mol. The van der Waals surface area contributed by atoms with Gasteiger partial charge in [0.15, 0.2) is 5.78 Å². The highest BCUT2D eigenvalue weighted by Crippen LogP contribution is 2.28. The van der Waals surface area contributed by atoms with Gasteiger partial charge in [-0.2, -0.15) is 0 Å². The van der Waals surface area contributed by atoms with Crippen LogP contribution in [0.3, 0.4) is 0 Å². The molecule has 0 fully saturated rings. The van der Waals surface area contributed by atoms with Gasteiger partial charge in [0.2, 0.25) is 5.91 Å². The predicted molar refractivity (Wildman–Crippen MR) is 76.0 cm³/mol. The summed E-state index contributed by atoms with van der Waals surface area (Å²) in [6.45, 7) is 8.75. The van der Waals surface area contributed by atoms with Gasteiger partial charge >= 0.3 is 5.97 Å². The third-order valence-electron chi connectivity index (χ3n) is 3.22. The number of rotatable bonds is 7. The van der Waals surface area contributed by atoms with Crippen LogP contribution in [0.2, 0.25) is 0 Å². The summed E-state index contributed by atoms with van der Waals surface area (Å²) in [6, 6.07) is -0.753. The molecule has 0 aliphatic carbocycles. The van der Waals surface area contributed by atoms with Crippen molar-refractivity contribution in [3.05, 3.63) is 0 Å². The average Bonchev–Trinajstić information content (AvgIpc) is 2.30. The van der Waals surface area contributed by atoms with Gasteiger partial charge in [-0.1, -0.05) is 34.6 Å². The fraction of sp³-hybridized carbons (Fsp3) is 0.786. The number of amides is 1. The van der Waals surface area contributed by atoms with Crippen molar-refractivity contribution in [2.75, 3.05) is 6.54 Å². The number of carboxylic acid groups (broad SMARTS) is 1. The molecule has 2 unspecified atom stereocenters. The molecule has 4 N–H and O–H groups in total. The van der Waals surface area contributed by atoms with E-state index in [9.17, 15) is 19.5 Å². The van der Waals surface area contributed by atoms with Crippen LogP contribution >= 0.6 is 0 Å². The number of ketones is 1. The molecule has 116 valence electrons. The lowest BCUT2D eigenvalue weighted by Crippen LogP contribution is -2.48. The van der Waals surface area contributed by atoms with Crippen molar-refractivity contribution in [1.29, 1.82) is 0 Å². The SMILES string of the molecule is CC(C)C(=O)C(CN)NC(=O)CC(C(=O)O)C(C)(C)C. The monoisotopic (exact) mass is 286 g/mol. The van der Waals surface area contributed by atoms with E-state index in [0.29, 0.717) is 0 Å². The van der Waals surface area contributed by atoms with E-state index in [-0.39, 0.29) is 24.7 Å². The molecule has 0 bridgehead atoms. The molecule has 0 aliphatic rings. The van der Waals surface area contributed by atoms with Crippen LogP contribution in [0.5, 0.6) is 0 Å². The molecule has 0 aromatic carbocycles. The summed E-state index contributed by atoms with van der Waals surface area (Å²) >= 11 is 0. The normalized spacial score (nSPS) is 14.8. The quantitative estimate of drug-likeness (QED) is 0.641. The van der Waals surface area contributed by atoms with E-state index in [1.807, 2.05) is 0 Å². The zero-order chi connectivity index (χ0) is 16.1. The zero-order valence-electron chi connectivity index (χ0n) is 12.9. The highest BCUT2D eigenvalue weighted by atomic mass is 16.4.